The Morgan fingerprint density at radius 2 is 1.79 bits per heavy atom. The number of sulfonamides is 1. The summed E-state index contributed by atoms with van der Waals surface area (Å²) in [6.45, 7) is -2.78. The summed E-state index contributed by atoms with van der Waals surface area (Å²) in [4.78, 5) is 49.5. The Kier molecular flexibility index (Phi) is 9.05. The summed E-state index contributed by atoms with van der Waals surface area (Å²) in [5, 5.41) is 12.7. The first-order valence-electron chi connectivity index (χ1n) is 10.6. The molecular formula is C21H19F4N3O8S2. The minimum absolute atomic E-state index is 0.0366. The van der Waals surface area contributed by atoms with Gasteiger partial charge in [0.25, 0.3) is 10.0 Å². The Morgan fingerprint density at radius 3 is 2.34 bits per heavy atom. The second-order valence-electron chi connectivity index (χ2n) is 7.86. The quantitative estimate of drug-likeness (QED) is 0.292. The summed E-state index contributed by atoms with van der Waals surface area (Å²) in [5.41, 5.74) is 0. The van der Waals surface area contributed by atoms with Gasteiger partial charge in [-0.1, -0.05) is 6.07 Å². The highest BCUT2D eigenvalue weighted by Crippen LogP contribution is 2.26. The second kappa shape index (κ2) is 11.9. The summed E-state index contributed by atoms with van der Waals surface area (Å²) < 4.78 is 84.8. The van der Waals surface area contributed by atoms with Crippen molar-refractivity contribution in [3.8, 4) is 5.75 Å². The van der Waals surface area contributed by atoms with Crippen LogP contribution in [0.3, 0.4) is 0 Å². The molecule has 17 heteroatoms. The number of thiophene rings is 1. The standard InChI is InChI=1S/C21H19F4N3O8S2/c22-11-6-12(23)20(25)21(19(11)24)36-10-14(29)13(7-17(32)33)26-15(30)8-27-3-4-28(9-16(27)31)38(34,35)18-2-1-5-37-18/h1-2,5-6,13H,3-4,7-10H2,(H,26,30)(H,32,33). The lowest BCUT2D eigenvalue weighted by Gasteiger charge is -2.33. The van der Waals surface area contributed by atoms with Gasteiger partial charge in [-0.25, -0.2) is 17.2 Å². The lowest BCUT2D eigenvalue weighted by atomic mass is 10.1. The molecule has 0 radical (unpaired) electrons. The van der Waals surface area contributed by atoms with E-state index >= 15 is 0 Å². The molecule has 1 saturated heterocycles. The highest BCUT2D eigenvalue weighted by atomic mass is 32.2. The van der Waals surface area contributed by atoms with Crippen molar-refractivity contribution in [3.05, 3.63) is 46.8 Å². The van der Waals surface area contributed by atoms with Crippen LogP contribution in [0.5, 0.6) is 5.75 Å². The van der Waals surface area contributed by atoms with Gasteiger partial charge in [-0.05, 0) is 11.4 Å². The Balaban J connectivity index is 1.61. The number of aliphatic carboxylic acids is 1. The fraction of sp³-hybridized carbons (Fsp3) is 0.333. The van der Waals surface area contributed by atoms with Crippen LogP contribution in [0.2, 0.25) is 0 Å². The van der Waals surface area contributed by atoms with Crippen molar-refractivity contribution in [2.75, 3.05) is 32.8 Å². The minimum atomic E-state index is -3.91. The third kappa shape index (κ3) is 6.65. The number of nitrogens with one attached hydrogen (secondary N) is 1. The number of carboxylic acid groups (broad SMARTS) is 1. The van der Waals surface area contributed by atoms with Gasteiger partial charge in [-0.15, -0.1) is 11.3 Å². The maximum Gasteiger partial charge on any atom is 0.305 e. The third-order valence-corrected chi connectivity index (χ3v) is 8.46. The molecule has 2 aromatic rings. The topological polar surface area (TPSA) is 150 Å². The molecule has 206 valence electrons. The highest BCUT2D eigenvalue weighted by molar-refractivity contribution is 7.91. The lowest BCUT2D eigenvalue weighted by molar-refractivity contribution is -0.142. The van der Waals surface area contributed by atoms with Crippen molar-refractivity contribution in [1.29, 1.82) is 0 Å². The largest absolute Gasteiger partial charge is 0.481 e. The van der Waals surface area contributed by atoms with Crippen molar-refractivity contribution in [2.24, 2.45) is 0 Å². The molecule has 3 rings (SSSR count). The number of ketones is 1. The molecule has 2 N–H and O–H groups in total. The van der Waals surface area contributed by atoms with E-state index in [9.17, 15) is 45.2 Å². The molecule has 1 atom stereocenters. The van der Waals surface area contributed by atoms with Crippen molar-refractivity contribution in [3.63, 3.8) is 0 Å². The van der Waals surface area contributed by atoms with Crippen molar-refractivity contribution in [1.82, 2.24) is 14.5 Å². The van der Waals surface area contributed by atoms with Crippen LogP contribution >= 0.6 is 11.3 Å². The number of carbonyl (C=O) groups is 4. The predicted octanol–water partition coefficient (Wildman–Crippen LogP) is 0.745. The number of nitrogens with zero attached hydrogens (tertiary/aromatic N) is 2. The molecule has 1 aliphatic heterocycles. The van der Waals surface area contributed by atoms with E-state index in [0.717, 1.165) is 20.5 Å². The van der Waals surface area contributed by atoms with E-state index < -0.39 is 94.8 Å². The maximum atomic E-state index is 13.7. The molecule has 0 spiro atoms. The van der Waals surface area contributed by atoms with Gasteiger partial charge >= 0.3 is 5.97 Å². The number of hydrogen-bond donors (Lipinski definition) is 2. The van der Waals surface area contributed by atoms with Crippen LogP contribution in [0.15, 0.2) is 27.8 Å². The number of halogens is 4. The average molecular weight is 582 g/mol. The van der Waals surface area contributed by atoms with Crippen molar-refractivity contribution < 1.29 is 55.0 Å². The van der Waals surface area contributed by atoms with Gasteiger partial charge in [0.05, 0.1) is 19.5 Å². The van der Waals surface area contributed by atoms with E-state index in [1.165, 1.54) is 12.1 Å². The van der Waals surface area contributed by atoms with Crippen LogP contribution in [-0.4, -0.2) is 85.1 Å². The summed E-state index contributed by atoms with van der Waals surface area (Å²) in [6, 6.07) is 1.04. The highest BCUT2D eigenvalue weighted by Gasteiger charge is 2.35. The molecule has 1 unspecified atom stereocenters. The molecule has 2 amide bonds. The Labute approximate surface area is 216 Å². The molecule has 1 aromatic carbocycles. The van der Waals surface area contributed by atoms with Crippen LogP contribution in [0.25, 0.3) is 0 Å². The summed E-state index contributed by atoms with van der Waals surface area (Å²) in [5.74, 6) is -13.5. The summed E-state index contributed by atoms with van der Waals surface area (Å²) in [7, 11) is -3.91. The van der Waals surface area contributed by atoms with E-state index in [1.807, 2.05) is 0 Å². The Bertz CT molecular complexity index is 1330. The van der Waals surface area contributed by atoms with Crippen LogP contribution < -0.4 is 10.1 Å². The minimum Gasteiger partial charge on any atom is -0.481 e. The average Bonchev–Trinajstić information content (AvgIpc) is 3.39. The molecule has 1 fully saturated rings. The van der Waals surface area contributed by atoms with E-state index in [1.54, 1.807) is 5.38 Å². The number of piperazine rings is 1. The maximum absolute atomic E-state index is 13.7. The number of amides is 2. The fourth-order valence-electron chi connectivity index (χ4n) is 3.35. The number of hydrogen-bond acceptors (Lipinski definition) is 8. The zero-order valence-corrected chi connectivity index (χ0v) is 20.8. The molecule has 0 bridgehead atoms. The smallest absolute Gasteiger partial charge is 0.305 e. The van der Waals surface area contributed by atoms with Crippen LogP contribution in [0.4, 0.5) is 17.6 Å². The first-order chi connectivity index (χ1) is 17.8. The van der Waals surface area contributed by atoms with Gasteiger partial charge in [-0.3, -0.25) is 19.2 Å². The third-order valence-electron chi connectivity index (χ3n) is 5.24. The number of carboxylic acids is 1. The van der Waals surface area contributed by atoms with E-state index in [2.05, 4.69) is 10.1 Å². The van der Waals surface area contributed by atoms with Crippen LogP contribution in [-0.2, 0) is 29.2 Å². The number of ether oxygens (including phenoxy) is 1. The van der Waals surface area contributed by atoms with Crippen LogP contribution in [0, 0.1) is 23.3 Å². The summed E-state index contributed by atoms with van der Waals surface area (Å²) >= 11 is 0.968. The van der Waals surface area contributed by atoms with Crippen molar-refractivity contribution in [2.45, 2.75) is 16.7 Å². The Hall–Kier alpha value is -3.57. The van der Waals surface area contributed by atoms with Gasteiger partial charge in [0.1, 0.15) is 16.9 Å². The van der Waals surface area contributed by atoms with Gasteiger partial charge < -0.3 is 20.1 Å². The number of carbonyl (C=O) groups excluding carboxylic acids is 3. The first-order valence-corrected chi connectivity index (χ1v) is 12.9. The monoisotopic (exact) mass is 581 g/mol. The zero-order chi connectivity index (χ0) is 28.2. The molecule has 2 heterocycles. The molecule has 1 aliphatic rings. The van der Waals surface area contributed by atoms with Gasteiger partial charge in [-0.2, -0.15) is 13.1 Å². The molecule has 11 nitrogen and oxygen atoms in total. The predicted molar refractivity (Wildman–Crippen MR) is 121 cm³/mol. The van der Waals surface area contributed by atoms with Crippen molar-refractivity contribution >= 4 is 44.9 Å². The van der Waals surface area contributed by atoms with Crippen LogP contribution in [0.1, 0.15) is 6.42 Å². The fourth-order valence-corrected chi connectivity index (χ4v) is 5.88. The first kappa shape index (κ1) is 29.0. The number of Topliss-reactive ketones (excluding diaryl/α,β-unsaturated/α-hetero) is 1. The molecular weight excluding hydrogens is 562 g/mol. The molecule has 38 heavy (non-hydrogen) atoms. The lowest BCUT2D eigenvalue weighted by Crippen LogP contribution is -2.55. The molecule has 0 saturated carbocycles. The number of benzene rings is 1. The zero-order valence-electron chi connectivity index (χ0n) is 19.2. The van der Waals surface area contributed by atoms with Gasteiger partial charge in [0, 0.05) is 19.2 Å². The number of rotatable bonds is 11. The van der Waals surface area contributed by atoms with E-state index in [4.69, 9.17) is 5.11 Å². The van der Waals surface area contributed by atoms with Gasteiger partial charge in [0.15, 0.2) is 23.2 Å². The van der Waals surface area contributed by atoms with E-state index in [-0.39, 0.29) is 23.4 Å². The Morgan fingerprint density at radius 1 is 1.13 bits per heavy atom. The second-order valence-corrected chi connectivity index (χ2v) is 11.0. The van der Waals surface area contributed by atoms with Gasteiger partial charge in [0.2, 0.25) is 23.4 Å². The summed E-state index contributed by atoms with van der Waals surface area (Å²) in [6.07, 6.45) is -0.989. The van der Waals surface area contributed by atoms with E-state index in [0.29, 0.717) is 0 Å². The SMILES string of the molecule is O=C(O)CC(NC(=O)CN1CCN(S(=O)(=O)c2cccs2)CC1=O)C(=O)COc1c(F)c(F)cc(F)c1F. The molecule has 0 aliphatic carbocycles. The normalized spacial score (nSPS) is 15.3. The molecule has 1 aromatic heterocycles.